The highest BCUT2D eigenvalue weighted by atomic mass is 15.0. The maximum absolute atomic E-state index is 9.05. The molecule has 0 aliphatic rings. The van der Waals surface area contributed by atoms with Crippen LogP contribution in [0, 0.1) is 25.2 Å². The number of aromatic nitrogens is 1. The van der Waals surface area contributed by atoms with Gasteiger partial charge in [0.25, 0.3) is 0 Å². The zero-order valence-corrected chi connectivity index (χ0v) is 10.4. The minimum absolute atomic E-state index is 0.262. The molecule has 1 heterocycles. The normalized spacial score (nSPS) is 12.1. The van der Waals surface area contributed by atoms with Crippen molar-refractivity contribution in [1.29, 1.82) is 5.26 Å². The average Bonchev–Trinajstić information content (AvgIpc) is 2.64. The third-order valence-electron chi connectivity index (χ3n) is 3.27. The summed E-state index contributed by atoms with van der Waals surface area (Å²) in [6.07, 6.45) is 0. The lowest BCUT2D eigenvalue weighted by Crippen LogP contribution is -2.10. The molecular weight excluding hydrogens is 208 g/mol. The Labute approximate surface area is 102 Å². The fourth-order valence-corrected chi connectivity index (χ4v) is 2.37. The maximum Gasteiger partial charge on any atom is 0.101 e. The number of aryl methyl sites for hydroxylation is 1. The van der Waals surface area contributed by atoms with Crippen LogP contribution < -0.4 is 0 Å². The molecule has 0 saturated heterocycles. The van der Waals surface area contributed by atoms with E-state index in [-0.39, 0.29) is 6.04 Å². The first-order valence-electron chi connectivity index (χ1n) is 5.78. The largest absolute Gasteiger partial charge is 0.341 e. The van der Waals surface area contributed by atoms with Crippen LogP contribution in [0.1, 0.15) is 35.5 Å². The van der Waals surface area contributed by atoms with Crippen LogP contribution in [0.15, 0.2) is 36.4 Å². The molecule has 0 saturated carbocycles. The SMILES string of the molecule is Cc1cc(C#N)c(C)n1C(C)c1ccccc1. The van der Waals surface area contributed by atoms with Crippen molar-refractivity contribution in [2.75, 3.05) is 0 Å². The molecule has 17 heavy (non-hydrogen) atoms. The highest BCUT2D eigenvalue weighted by Gasteiger charge is 2.14. The van der Waals surface area contributed by atoms with Crippen LogP contribution in [0.3, 0.4) is 0 Å². The number of hydrogen-bond donors (Lipinski definition) is 0. The monoisotopic (exact) mass is 224 g/mol. The summed E-state index contributed by atoms with van der Waals surface area (Å²) in [5.74, 6) is 0. The molecule has 0 bridgehead atoms. The summed E-state index contributed by atoms with van der Waals surface area (Å²) < 4.78 is 2.22. The van der Waals surface area contributed by atoms with E-state index in [9.17, 15) is 0 Å². The lowest BCUT2D eigenvalue weighted by Gasteiger charge is -2.18. The molecule has 0 N–H and O–H groups in total. The smallest absolute Gasteiger partial charge is 0.101 e. The van der Waals surface area contributed by atoms with Crippen LogP contribution in [0.4, 0.5) is 0 Å². The zero-order valence-electron chi connectivity index (χ0n) is 10.4. The Bertz CT molecular complexity index is 559. The van der Waals surface area contributed by atoms with E-state index in [1.165, 1.54) is 5.56 Å². The first kappa shape index (κ1) is 11.5. The molecule has 1 unspecified atom stereocenters. The predicted octanol–water partition coefficient (Wildman–Crippen LogP) is 3.59. The minimum atomic E-state index is 0.262. The van der Waals surface area contributed by atoms with Crippen LogP contribution in [-0.2, 0) is 0 Å². The fourth-order valence-electron chi connectivity index (χ4n) is 2.37. The Morgan fingerprint density at radius 2 is 1.82 bits per heavy atom. The Kier molecular flexibility index (Phi) is 3.01. The molecule has 0 aliphatic carbocycles. The van der Waals surface area contributed by atoms with Crippen molar-refractivity contribution in [1.82, 2.24) is 4.57 Å². The standard InChI is InChI=1S/C15H16N2/c1-11-9-15(10-16)13(3)17(11)12(2)14-7-5-4-6-8-14/h4-9,12H,1-3H3. The lowest BCUT2D eigenvalue weighted by atomic mass is 10.1. The van der Waals surface area contributed by atoms with Gasteiger partial charge in [0, 0.05) is 11.4 Å². The molecule has 2 heteroatoms. The number of benzene rings is 1. The predicted molar refractivity (Wildman–Crippen MR) is 68.9 cm³/mol. The van der Waals surface area contributed by atoms with Gasteiger partial charge in [0.05, 0.1) is 11.6 Å². The van der Waals surface area contributed by atoms with Crippen LogP contribution in [-0.4, -0.2) is 4.57 Å². The van der Waals surface area contributed by atoms with Crippen LogP contribution in [0.25, 0.3) is 0 Å². The minimum Gasteiger partial charge on any atom is -0.341 e. The summed E-state index contributed by atoms with van der Waals surface area (Å²) in [6.45, 7) is 6.22. The van der Waals surface area contributed by atoms with E-state index in [0.717, 1.165) is 17.0 Å². The number of rotatable bonds is 2. The Balaban J connectivity index is 2.49. The number of nitrogens with zero attached hydrogens (tertiary/aromatic N) is 2. The fraction of sp³-hybridized carbons (Fsp3) is 0.267. The third-order valence-corrected chi connectivity index (χ3v) is 3.27. The molecule has 0 aliphatic heterocycles. The lowest BCUT2D eigenvalue weighted by molar-refractivity contribution is 0.610. The molecule has 86 valence electrons. The van der Waals surface area contributed by atoms with Crippen molar-refractivity contribution in [3.63, 3.8) is 0 Å². The van der Waals surface area contributed by atoms with Crippen molar-refractivity contribution in [3.05, 3.63) is 58.9 Å². The van der Waals surface area contributed by atoms with Gasteiger partial charge in [-0.05, 0) is 32.4 Å². The highest BCUT2D eigenvalue weighted by Crippen LogP contribution is 2.24. The van der Waals surface area contributed by atoms with Crippen LogP contribution in [0.5, 0.6) is 0 Å². The second kappa shape index (κ2) is 4.47. The van der Waals surface area contributed by atoms with E-state index < -0.39 is 0 Å². The van der Waals surface area contributed by atoms with Crippen LogP contribution >= 0.6 is 0 Å². The van der Waals surface area contributed by atoms with Gasteiger partial charge in [0.2, 0.25) is 0 Å². The van der Waals surface area contributed by atoms with E-state index >= 15 is 0 Å². The molecule has 2 rings (SSSR count). The van der Waals surface area contributed by atoms with Gasteiger partial charge in [0.15, 0.2) is 0 Å². The highest BCUT2D eigenvalue weighted by molar-refractivity contribution is 5.38. The van der Waals surface area contributed by atoms with E-state index in [0.29, 0.717) is 0 Å². The first-order valence-corrected chi connectivity index (χ1v) is 5.78. The Morgan fingerprint density at radius 3 is 2.35 bits per heavy atom. The summed E-state index contributed by atoms with van der Waals surface area (Å²) in [7, 11) is 0. The van der Waals surface area contributed by atoms with Gasteiger partial charge in [-0.3, -0.25) is 0 Å². The van der Waals surface area contributed by atoms with Crippen molar-refractivity contribution in [3.8, 4) is 6.07 Å². The quantitative estimate of drug-likeness (QED) is 0.766. The summed E-state index contributed by atoms with van der Waals surface area (Å²) in [5, 5.41) is 9.05. The van der Waals surface area contributed by atoms with Crippen molar-refractivity contribution >= 4 is 0 Å². The van der Waals surface area contributed by atoms with Gasteiger partial charge >= 0.3 is 0 Å². The van der Waals surface area contributed by atoms with Gasteiger partial charge < -0.3 is 4.57 Å². The van der Waals surface area contributed by atoms with Gasteiger partial charge in [0.1, 0.15) is 6.07 Å². The average molecular weight is 224 g/mol. The summed E-state index contributed by atoms with van der Waals surface area (Å²) in [6, 6.07) is 14.8. The second-order valence-corrected chi connectivity index (χ2v) is 4.35. The van der Waals surface area contributed by atoms with Crippen LogP contribution in [0.2, 0.25) is 0 Å². The first-order chi connectivity index (χ1) is 8.15. The molecular formula is C15H16N2. The van der Waals surface area contributed by atoms with Gasteiger partial charge in [-0.15, -0.1) is 0 Å². The molecule has 1 atom stereocenters. The van der Waals surface area contributed by atoms with E-state index in [1.807, 2.05) is 38.1 Å². The molecule has 0 fully saturated rings. The molecule has 1 aromatic carbocycles. The van der Waals surface area contributed by atoms with Gasteiger partial charge in [-0.2, -0.15) is 5.26 Å². The van der Waals surface area contributed by atoms with Crippen molar-refractivity contribution < 1.29 is 0 Å². The Morgan fingerprint density at radius 1 is 1.18 bits per heavy atom. The maximum atomic E-state index is 9.05. The molecule has 2 nitrogen and oxygen atoms in total. The summed E-state index contributed by atoms with van der Waals surface area (Å²) in [5.41, 5.74) is 4.21. The molecule has 2 aromatic rings. The van der Waals surface area contributed by atoms with E-state index in [4.69, 9.17) is 5.26 Å². The third kappa shape index (κ3) is 1.97. The molecule has 0 radical (unpaired) electrons. The summed E-state index contributed by atoms with van der Waals surface area (Å²) in [4.78, 5) is 0. The van der Waals surface area contributed by atoms with Crippen molar-refractivity contribution in [2.24, 2.45) is 0 Å². The topological polar surface area (TPSA) is 28.7 Å². The zero-order chi connectivity index (χ0) is 12.4. The van der Waals surface area contributed by atoms with E-state index in [1.54, 1.807) is 0 Å². The molecule has 0 amide bonds. The van der Waals surface area contributed by atoms with Gasteiger partial charge in [-0.25, -0.2) is 0 Å². The number of nitriles is 1. The Hall–Kier alpha value is -2.01. The van der Waals surface area contributed by atoms with E-state index in [2.05, 4.69) is 29.7 Å². The second-order valence-electron chi connectivity index (χ2n) is 4.35. The van der Waals surface area contributed by atoms with Gasteiger partial charge in [-0.1, -0.05) is 30.3 Å². The molecule has 1 aromatic heterocycles. The van der Waals surface area contributed by atoms with Crippen molar-refractivity contribution in [2.45, 2.75) is 26.8 Å². The number of hydrogen-bond acceptors (Lipinski definition) is 1. The summed E-state index contributed by atoms with van der Waals surface area (Å²) >= 11 is 0. The molecule has 0 spiro atoms.